The van der Waals surface area contributed by atoms with Gasteiger partial charge in [0.05, 0.1) is 0 Å². The predicted octanol–water partition coefficient (Wildman–Crippen LogP) is 4.39. The molecule has 2 nitrogen and oxygen atoms in total. The number of carbonyl (C=O) groups is 1. The number of thiol groups is 1. The molecule has 1 saturated heterocycles. The van der Waals surface area contributed by atoms with Crippen LogP contribution >= 0.6 is 12.6 Å². The topological polar surface area (TPSA) is 20.3 Å². The largest absolute Gasteiger partial charge is 0.342 e. The zero-order chi connectivity index (χ0) is 16.6. The van der Waals surface area contributed by atoms with Gasteiger partial charge in [0.15, 0.2) is 0 Å². The first kappa shape index (κ1) is 16.3. The fourth-order valence-corrected chi connectivity index (χ4v) is 8.13. The summed E-state index contributed by atoms with van der Waals surface area (Å²) in [7, 11) is 2.06. The molecule has 130 valence electrons. The van der Waals surface area contributed by atoms with E-state index in [1.165, 1.54) is 32.1 Å². The number of amides is 1. The van der Waals surface area contributed by atoms with E-state index in [2.05, 4.69) is 32.7 Å². The van der Waals surface area contributed by atoms with E-state index >= 15 is 0 Å². The normalized spacial score (nSPS) is 56.0. The summed E-state index contributed by atoms with van der Waals surface area (Å²) < 4.78 is 0. The molecule has 0 radical (unpaired) electrons. The zero-order valence-corrected chi connectivity index (χ0v) is 16.1. The smallest absolute Gasteiger partial charge is 0.222 e. The molecule has 1 heterocycles. The Morgan fingerprint density at radius 2 is 1.91 bits per heavy atom. The van der Waals surface area contributed by atoms with E-state index in [9.17, 15) is 4.79 Å². The summed E-state index contributed by atoms with van der Waals surface area (Å²) in [5.74, 6) is 3.64. The lowest BCUT2D eigenvalue weighted by molar-refractivity contribution is -0.164. The van der Waals surface area contributed by atoms with Crippen LogP contribution in [0.4, 0.5) is 0 Å². The molecule has 4 rings (SSSR count). The van der Waals surface area contributed by atoms with Crippen LogP contribution in [0.1, 0.15) is 65.7 Å². The average molecular weight is 336 g/mol. The molecule has 1 amide bonds. The summed E-state index contributed by atoms with van der Waals surface area (Å²) >= 11 is 4.87. The quantitative estimate of drug-likeness (QED) is 0.651. The molecular formula is C20H33NOS. The van der Waals surface area contributed by atoms with Crippen LogP contribution in [0.25, 0.3) is 0 Å². The fourth-order valence-electron chi connectivity index (χ4n) is 7.49. The molecular weight excluding hydrogens is 302 g/mol. The number of likely N-dealkylation sites (tertiary alicyclic amines) is 1. The standard InChI is InChI=1S/C20H33NOS/c1-12-9-16-20(3,8-6-17(22)21(16)4)14-5-7-19(2)11-13(23)10-15(19)18(12)14/h12-16,18,23H,5-11H2,1-4H3/t12-,13?,14?,15?,16?,18?,19+,20+/m0/s1. The molecule has 0 N–H and O–H groups in total. The van der Waals surface area contributed by atoms with Crippen molar-refractivity contribution < 1.29 is 4.79 Å². The minimum Gasteiger partial charge on any atom is -0.342 e. The van der Waals surface area contributed by atoms with Crippen molar-refractivity contribution in [3.8, 4) is 0 Å². The van der Waals surface area contributed by atoms with Crippen LogP contribution in [-0.4, -0.2) is 29.1 Å². The van der Waals surface area contributed by atoms with Crippen molar-refractivity contribution in [2.75, 3.05) is 7.05 Å². The Morgan fingerprint density at radius 3 is 2.65 bits per heavy atom. The third kappa shape index (κ3) is 2.17. The Labute approximate surface area is 147 Å². The van der Waals surface area contributed by atoms with Gasteiger partial charge in [-0.1, -0.05) is 20.8 Å². The lowest BCUT2D eigenvalue weighted by Gasteiger charge is -2.63. The number of nitrogens with zero attached hydrogens (tertiary/aromatic N) is 1. The molecule has 3 aliphatic carbocycles. The molecule has 0 aromatic heterocycles. The van der Waals surface area contributed by atoms with Gasteiger partial charge < -0.3 is 4.90 Å². The molecule has 4 fully saturated rings. The third-order valence-corrected chi connectivity index (χ3v) is 9.07. The van der Waals surface area contributed by atoms with Crippen molar-refractivity contribution >= 4 is 18.5 Å². The summed E-state index contributed by atoms with van der Waals surface area (Å²) in [6.45, 7) is 7.53. The van der Waals surface area contributed by atoms with Crippen LogP contribution in [0, 0.1) is 34.5 Å². The SMILES string of the molecule is C[C@H]1CC2N(C)C(=O)CC[C@]2(C)C2CC[C@]3(C)CC(S)CC3C21. The van der Waals surface area contributed by atoms with Crippen molar-refractivity contribution in [1.29, 1.82) is 0 Å². The van der Waals surface area contributed by atoms with E-state index in [-0.39, 0.29) is 0 Å². The van der Waals surface area contributed by atoms with Gasteiger partial charge in [-0.2, -0.15) is 12.6 Å². The van der Waals surface area contributed by atoms with Crippen LogP contribution in [0.2, 0.25) is 0 Å². The summed E-state index contributed by atoms with van der Waals surface area (Å²) in [4.78, 5) is 14.4. The van der Waals surface area contributed by atoms with Crippen LogP contribution in [0.3, 0.4) is 0 Å². The fraction of sp³-hybridized carbons (Fsp3) is 0.950. The summed E-state index contributed by atoms with van der Waals surface area (Å²) in [6, 6.07) is 0.470. The minimum atomic E-state index is 0.343. The van der Waals surface area contributed by atoms with E-state index in [1.54, 1.807) is 0 Å². The van der Waals surface area contributed by atoms with E-state index in [0.29, 0.717) is 28.0 Å². The highest BCUT2D eigenvalue weighted by Gasteiger charge is 2.61. The molecule has 0 aromatic rings. The van der Waals surface area contributed by atoms with Gasteiger partial charge in [0, 0.05) is 24.8 Å². The molecule has 8 atom stereocenters. The van der Waals surface area contributed by atoms with E-state index in [1.807, 2.05) is 0 Å². The molecule has 0 spiro atoms. The van der Waals surface area contributed by atoms with Crippen molar-refractivity contribution in [2.24, 2.45) is 34.5 Å². The van der Waals surface area contributed by atoms with Crippen molar-refractivity contribution in [2.45, 2.75) is 77.0 Å². The highest BCUT2D eigenvalue weighted by Crippen LogP contribution is 2.66. The Hall–Kier alpha value is -0.180. The summed E-state index contributed by atoms with van der Waals surface area (Å²) in [6.07, 6.45) is 8.47. The number of hydrogen-bond donors (Lipinski definition) is 1. The maximum Gasteiger partial charge on any atom is 0.222 e. The number of carbonyl (C=O) groups excluding carboxylic acids is 1. The molecule has 5 unspecified atom stereocenters. The van der Waals surface area contributed by atoms with Crippen molar-refractivity contribution in [3.05, 3.63) is 0 Å². The second kappa shape index (κ2) is 5.16. The van der Waals surface area contributed by atoms with Crippen LogP contribution in [0.5, 0.6) is 0 Å². The highest BCUT2D eigenvalue weighted by molar-refractivity contribution is 7.81. The summed E-state index contributed by atoms with van der Waals surface area (Å²) in [5, 5.41) is 0.608. The average Bonchev–Trinajstić information content (AvgIpc) is 2.80. The first-order chi connectivity index (χ1) is 10.8. The van der Waals surface area contributed by atoms with Gasteiger partial charge in [-0.15, -0.1) is 0 Å². The van der Waals surface area contributed by atoms with Gasteiger partial charge in [0.1, 0.15) is 0 Å². The number of hydrogen-bond acceptors (Lipinski definition) is 2. The Kier molecular flexibility index (Phi) is 3.66. The Bertz CT molecular complexity index is 522. The van der Waals surface area contributed by atoms with E-state index in [4.69, 9.17) is 12.6 Å². The third-order valence-electron chi connectivity index (χ3n) is 8.68. The van der Waals surface area contributed by atoms with Crippen LogP contribution in [-0.2, 0) is 4.79 Å². The highest BCUT2D eigenvalue weighted by atomic mass is 32.1. The Balaban J connectivity index is 1.70. The molecule has 3 heteroatoms. The van der Waals surface area contributed by atoms with Gasteiger partial charge in [0.25, 0.3) is 0 Å². The first-order valence-corrected chi connectivity index (χ1v) is 10.2. The maximum absolute atomic E-state index is 12.3. The predicted molar refractivity (Wildman–Crippen MR) is 97.5 cm³/mol. The number of rotatable bonds is 0. The second-order valence-electron chi connectivity index (χ2n) is 9.82. The first-order valence-electron chi connectivity index (χ1n) is 9.70. The maximum atomic E-state index is 12.3. The Morgan fingerprint density at radius 1 is 1.17 bits per heavy atom. The van der Waals surface area contributed by atoms with Crippen molar-refractivity contribution in [3.63, 3.8) is 0 Å². The van der Waals surface area contributed by atoms with Crippen LogP contribution < -0.4 is 0 Å². The van der Waals surface area contributed by atoms with Gasteiger partial charge in [-0.3, -0.25) is 4.79 Å². The van der Waals surface area contributed by atoms with Crippen molar-refractivity contribution in [1.82, 2.24) is 4.90 Å². The molecule has 23 heavy (non-hydrogen) atoms. The summed E-state index contributed by atoms with van der Waals surface area (Å²) in [5.41, 5.74) is 0.872. The molecule has 4 aliphatic rings. The van der Waals surface area contributed by atoms with Gasteiger partial charge in [-0.05, 0) is 73.0 Å². The van der Waals surface area contributed by atoms with Crippen LogP contribution in [0.15, 0.2) is 0 Å². The molecule has 3 saturated carbocycles. The van der Waals surface area contributed by atoms with Gasteiger partial charge in [-0.25, -0.2) is 0 Å². The number of piperidine rings is 1. The van der Waals surface area contributed by atoms with E-state index < -0.39 is 0 Å². The monoisotopic (exact) mass is 335 g/mol. The van der Waals surface area contributed by atoms with E-state index in [0.717, 1.165) is 36.5 Å². The van der Waals surface area contributed by atoms with Gasteiger partial charge in [0.2, 0.25) is 5.91 Å². The molecule has 0 aromatic carbocycles. The number of fused-ring (bicyclic) bond motifs is 5. The zero-order valence-electron chi connectivity index (χ0n) is 15.2. The van der Waals surface area contributed by atoms with Gasteiger partial charge >= 0.3 is 0 Å². The second-order valence-corrected chi connectivity index (χ2v) is 10.5. The molecule has 0 bridgehead atoms. The lowest BCUT2D eigenvalue weighted by atomic mass is 9.45. The molecule has 1 aliphatic heterocycles. The minimum absolute atomic E-state index is 0.343. The lowest BCUT2D eigenvalue weighted by Crippen LogP contribution is -2.62.